The van der Waals surface area contributed by atoms with Crippen LogP contribution in [0.2, 0.25) is 0 Å². The molecule has 5 nitrogen and oxygen atoms in total. The Labute approximate surface area is 106 Å². The van der Waals surface area contributed by atoms with E-state index >= 15 is 0 Å². The van der Waals surface area contributed by atoms with E-state index in [9.17, 15) is 9.59 Å². The van der Waals surface area contributed by atoms with Crippen molar-refractivity contribution in [2.24, 2.45) is 5.73 Å². The first-order valence-corrected chi connectivity index (χ1v) is 5.89. The molecule has 0 spiro atoms. The number of nitrogens with one attached hydrogen (secondary N) is 2. The van der Waals surface area contributed by atoms with Crippen LogP contribution < -0.4 is 16.4 Å². The fourth-order valence-electron chi connectivity index (χ4n) is 1.69. The van der Waals surface area contributed by atoms with Crippen LogP contribution in [0.4, 0.5) is 11.4 Å². The van der Waals surface area contributed by atoms with Gasteiger partial charge in [-0.05, 0) is 43.5 Å². The molecule has 96 valence electrons. The smallest absolute Gasteiger partial charge is 0.244 e. The second kappa shape index (κ2) is 4.42. The van der Waals surface area contributed by atoms with Crippen molar-refractivity contribution in [3.05, 3.63) is 23.8 Å². The molecule has 4 N–H and O–H groups in total. The minimum Gasteiger partial charge on any atom is -0.326 e. The van der Waals surface area contributed by atoms with Gasteiger partial charge in [-0.2, -0.15) is 0 Å². The van der Waals surface area contributed by atoms with Crippen LogP contribution >= 0.6 is 0 Å². The van der Waals surface area contributed by atoms with Gasteiger partial charge in [-0.3, -0.25) is 9.59 Å². The largest absolute Gasteiger partial charge is 0.326 e. The molecule has 0 aromatic heterocycles. The van der Waals surface area contributed by atoms with Crippen molar-refractivity contribution in [2.45, 2.75) is 32.2 Å². The van der Waals surface area contributed by atoms with E-state index < -0.39 is 5.54 Å². The third-order valence-electron chi connectivity index (χ3n) is 3.04. The summed E-state index contributed by atoms with van der Waals surface area (Å²) in [6, 6.07) is 5.33. The highest BCUT2D eigenvalue weighted by molar-refractivity contribution is 6.00. The summed E-state index contributed by atoms with van der Waals surface area (Å²) >= 11 is 0. The van der Waals surface area contributed by atoms with Crippen LogP contribution in [-0.4, -0.2) is 17.4 Å². The van der Waals surface area contributed by atoms with Gasteiger partial charge in [0, 0.05) is 18.3 Å². The number of hydrogen-bond acceptors (Lipinski definition) is 3. The van der Waals surface area contributed by atoms with Crippen molar-refractivity contribution in [1.29, 1.82) is 0 Å². The predicted molar refractivity (Wildman–Crippen MR) is 70.3 cm³/mol. The number of carbonyl (C=O) groups is 2. The predicted octanol–water partition coefficient (Wildman–Crippen LogP) is 1.38. The van der Waals surface area contributed by atoms with Gasteiger partial charge < -0.3 is 16.4 Å². The molecule has 0 saturated heterocycles. The Morgan fingerprint density at radius 2 is 1.94 bits per heavy atom. The van der Waals surface area contributed by atoms with E-state index in [4.69, 9.17) is 5.73 Å². The summed E-state index contributed by atoms with van der Waals surface area (Å²) in [4.78, 5) is 22.7. The van der Waals surface area contributed by atoms with Crippen LogP contribution in [0.5, 0.6) is 0 Å². The second-order valence-corrected chi connectivity index (χ2v) is 4.82. The fourth-order valence-corrected chi connectivity index (χ4v) is 1.69. The van der Waals surface area contributed by atoms with Crippen LogP contribution in [0.25, 0.3) is 0 Å². The SMILES string of the molecule is CC(=O)Nc1ccc(NC(=O)C2(N)CC2)cc1C. The van der Waals surface area contributed by atoms with Gasteiger partial charge in [0.25, 0.3) is 0 Å². The maximum absolute atomic E-state index is 11.8. The van der Waals surface area contributed by atoms with E-state index in [2.05, 4.69) is 10.6 Å². The summed E-state index contributed by atoms with van der Waals surface area (Å²) in [5.41, 5.74) is 7.46. The third kappa shape index (κ3) is 2.68. The number of rotatable bonds is 3. The van der Waals surface area contributed by atoms with Crippen LogP contribution in [0.15, 0.2) is 18.2 Å². The van der Waals surface area contributed by atoms with E-state index in [0.29, 0.717) is 5.69 Å². The van der Waals surface area contributed by atoms with Crippen LogP contribution in [0.3, 0.4) is 0 Å². The van der Waals surface area contributed by atoms with Gasteiger partial charge in [0.1, 0.15) is 0 Å². The monoisotopic (exact) mass is 247 g/mol. The number of amides is 2. The molecule has 1 saturated carbocycles. The molecule has 1 aromatic rings. The Morgan fingerprint density at radius 3 is 2.44 bits per heavy atom. The summed E-state index contributed by atoms with van der Waals surface area (Å²) < 4.78 is 0. The summed E-state index contributed by atoms with van der Waals surface area (Å²) in [5, 5.41) is 5.51. The minimum absolute atomic E-state index is 0.117. The zero-order valence-corrected chi connectivity index (χ0v) is 10.5. The Bertz CT molecular complexity index is 507. The first-order valence-electron chi connectivity index (χ1n) is 5.89. The quantitative estimate of drug-likeness (QED) is 0.754. The molecule has 5 heteroatoms. The molecule has 1 aliphatic rings. The molecule has 18 heavy (non-hydrogen) atoms. The lowest BCUT2D eigenvalue weighted by molar-refractivity contribution is -0.118. The molecule has 0 radical (unpaired) electrons. The minimum atomic E-state index is -0.676. The van der Waals surface area contributed by atoms with Gasteiger partial charge in [0.2, 0.25) is 11.8 Å². The maximum atomic E-state index is 11.8. The third-order valence-corrected chi connectivity index (χ3v) is 3.04. The Hall–Kier alpha value is -1.88. The molecule has 1 aromatic carbocycles. The average Bonchev–Trinajstić information content (AvgIpc) is 3.01. The highest BCUT2D eigenvalue weighted by atomic mass is 16.2. The number of anilines is 2. The lowest BCUT2D eigenvalue weighted by Gasteiger charge is -2.12. The van der Waals surface area contributed by atoms with Crippen LogP contribution in [-0.2, 0) is 9.59 Å². The summed E-state index contributed by atoms with van der Waals surface area (Å²) in [7, 11) is 0. The molecule has 2 amide bonds. The summed E-state index contributed by atoms with van der Waals surface area (Å²) in [6.07, 6.45) is 1.48. The fraction of sp³-hybridized carbons (Fsp3) is 0.385. The number of hydrogen-bond donors (Lipinski definition) is 3. The van der Waals surface area contributed by atoms with Crippen LogP contribution in [0, 0.1) is 6.92 Å². The van der Waals surface area contributed by atoms with Crippen molar-refractivity contribution in [3.63, 3.8) is 0 Å². The van der Waals surface area contributed by atoms with Gasteiger partial charge in [-0.15, -0.1) is 0 Å². The van der Waals surface area contributed by atoms with Gasteiger partial charge in [-0.1, -0.05) is 0 Å². The molecule has 1 aliphatic carbocycles. The van der Waals surface area contributed by atoms with Crippen LogP contribution in [0.1, 0.15) is 25.3 Å². The average molecular weight is 247 g/mol. The molecule has 0 unspecified atom stereocenters. The normalized spacial score (nSPS) is 15.9. The zero-order chi connectivity index (χ0) is 13.3. The molecule has 0 heterocycles. The van der Waals surface area contributed by atoms with Crippen molar-refractivity contribution >= 4 is 23.2 Å². The summed E-state index contributed by atoms with van der Waals surface area (Å²) in [5.74, 6) is -0.261. The first-order chi connectivity index (χ1) is 8.40. The topological polar surface area (TPSA) is 84.2 Å². The highest BCUT2D eigenvalue weighted by Crippen LogP contribution is 2.33. The van der Waals surface area contributed by atoms with E-state index in [1.54, 1.807) is 12.1 Å². The first kappa shape index (κ1) is 12.6. The Morgan fingerprint density at radius 1 is 1.28 bits per heavy atom. The molecule has 0 bridgehead atoms. The lowest BCUT2D eigenvalue weighted by atomic mass is 10.1. The van der Waals surface area contributed by atoms with Crippen molar-refractivity contribution in [1.82, 2.24) is 0 Å². The van der Waals surface area contributed by atoms with E-state index in [1.807, 2.05) is 13.0 Å². The van der Waals surface area contributed by atoms with Gasteiger partial charge in [-0.25, -0.2) is 0 Å². The zero-order valence-electron chi connectivity index (χ0n) is 10.5. The lowest BCUT2D eigenvalue weighted by Crippen LogP contribution is -2.37. The molecule has 2 rings (SSSR count). The molecular formula is C13H17N3O2. The molecule has 0 aliphatic heterocycles. The maximum Gasteiger partial charge on any atom is 0.244 e. The van der Waals surface area contributed by atoms with Crippen molar-refractivity contribution in [3.8, 4) is 0 Å². The number of aryl methyl sites for hydroxylation is 1. The van der Waals surface area contributed by atoms with Gasteiger partial charge in [0.05, 0.1) is 5.54 Å². The standard InChI is InChI=1S/C13H17N3O2/c1-8-7-10(3-4-11(8)15-9(2)17)16-12(18)13(14)5-6-13/h3-4,7H,5-6,14H2,1-2H3,(H,15,17)(H,16,18). The highest BCUT2D eigenvalue weighted by Gasteiger charge is 2.45. The number of carbonyl (C=O) groups excluding carboxylic acids is 2. The van der Waals surface area contributed by atoms with E-state index in [-0.39, 0.29) is 11.8 Å². The second-order valence-electron chi connectivity index (χ2n) is 4.82. The van der Waals surface area contributed by atoms with E-state index in [0.717, 1.165) is 24.1 Å². The molecule has 1 fully saturated rings. The molecule has 0 atom stereocenters. The number of nitrogens with two attached hydrogens (primary N) is 1. The van der Waals surface area contributed by atoms with Crippen molar-refractivity contribution in [2.75, 3.05) is 10.6 Å². The molecular weight excluding hydrogens is 230 g/mol. The summed E-state index contributed by atoms with van der Waals surface area (Å²) in [6.45, 7) is 3.33. The van der Waals surface area contributed by atoms with E-state index in [1.165, 1.54) is 6.92 Å². The Kier molecular flexibility index (Phi) is 3.09. The number of benzene rings is 1. The Balaban J connectivity index is 2.09. The van der Waals surface area contributed by atoms with Gasteiger partial charge >= 0.3 is 0 Å². The van der Waals surface area contributed by atoms with Crippen molar-refractivity contribution < 1.29 is 9.59 Å². The van der Waals surface area contributed by atoms with Gasteiger partial charge in [0.15, 0.2) is 0 Å².